The first-order chi connectivity index (χ1) is 8.95. The first-order valence-electron chi connectivity index (χ1n) is 6.24. The van der Waals surface area contributed by atoms with Crippen molar-refractivity contribution in [3.8, 4) is 0 Å². The first-order valence-corrected chi connectivity index (χ1v) is 6.24. The molecule has 4 nitrogen and oxygen atoms in total. The molecule has 0 aliphatic rings. The van der Waals surface area contributed by atoms with E-state index >= 15 is 0 Å². The van der Waals surface area contributed by atoms with Crippen molar-refractivity contribution in [2.45, 2.75) is 26.3 Å². The predicted octanol–water partition coefficient (Wildman–Crippen LogP) is 2.65. The lowest BCUT2D eigenvalue weighted by molar-refractivity contribution is -0.126. The van der Waals surface area contributed by atoms with Gasteiger partial charge in [0.25, 0.3) is 0 Å². The van der Waals surface area contributed by atoms with Crippen LogP contribution in [0.1, 0.15) is 36.2 Å². The van der Waals surface area contributed by atoms with Crippen molar-refractivity contribution in [1.82, 2.24) is 4.90 Å². The minimum Gasteiger partial charge on any atom is -0.478 e. The lowest BCUT2D eigenvalue weighted by Crippen LogP contribution is -2.33. The van der Waals surface area contributed by atoms with E-state index in [9.17, 15) is 9.59 Å². The monoisotopic (exact) mass is 261 g/mol. The highest BCUT2D eigenvalue weighted by molar-refractivity contribution is 5.92. The predicted molar refractivity (Wildman–Crippen MR) is 75.0 cm³/mol. The molecule has 0 aliphatic carbocycles. The number of likely N-dealkylation sites (N-methyl/N-ethyl adjacent to an activating group) is 1. The quantitative estimate of drug-likeness (QED) is 0.829. The summed E-state index contributed by atoms with van der Waals surface area (Å²) in [5.41, 5.74) is 1.04. The number of carbonyl (C=O) groups is 2. The maximum absolute atomic E-state index is 11.8. The van der Waals surface area contributed by atoms with Gasteiger partial charge in [-0.05, 0) is 37.1 Å². The van der Waals surface area contributed by atoms with E-state index in [0.29, 0.717) is 0 Å². The van der Waals surface area contributed by atoms with E-state index in [4.69, 9.17) is 5.11 Å². The highest BCUT2D eigenvalue weighted by Gasteiger charge is 2.10. The molecular formula is C15H19NO3. The van der Waals surface area contributed by atoms with Crippen molar-refractivity contribution in [2.75, 3.05) is 7.05 Å². The zero-order valence-corrected chi connectivity index (χ0v) is 11.5. The molecule has 1 aromatic carbocycles. The van der Waals surface area contributed by atoms with Gasteiger partial charge in [0, 0.05) is 19.2 Å². The molecule has 0 saturated carbocycles. The van der Waals surface area contributed by atoms with Crippen molar-refractivity contribution in [3.05, 3.63) is 41.5 Å². The number of aromatic carboxylic acids is 1. The molecular weight excluding hydrogens is 242 g/mol. The van der Waals surface area contributed by atoms with Crippen molar-refractivity contribution in [2.24, 2.45) is 0 Å². The van der Waals surface area contributed by atoms with Gasteiger partial charge in [0.1, 0.15) is 0 Å². The van der Waals surface area contributed by atoms with Gasteiger partial charge in [0.2, 0.25) is 5.91 Å². The summed E-state index contributed by atoms with van der Waals surface area (Å²) in [6.45, 7) is 4.02. The van der Waals surface area contributed by atoms with Crippen LogP contribution < -0.4 is 0 Å². The SMILES string of the molecule is CCC(C)N(C)C(=O)C=Cc1ccc(C(=O)O)cc1. The van der Waals surface area contributed by atoms with Crippen LogP contribution in [0.3, 0.4) is 0 Å². The molecule has 102 valence electrons. The Morgan fingerprint density at radius 2 is 1.89 bits per heavy atom. The van der Waals surface area contributed by atoms with Gasteiger partial charge in [-0.2, -0.15) is 0 Å². The normalized spacial score (nSPS) is 12.4. The summed E-state index contributed by atoms with van der Waals surface area (Å²) in [6, 6.07) is 6.59. The van der Waals surface area contributed by atoms with Crippen molar-refractivity contribution in [3.63, 3.8) is 0 Å². The van der Waals surface area contributed by atoms with Crippen LogP contribution in [0.4, 0.5) is 0 Å². The molecule has 1 amide bonds. The molecule has 0 radical (unpaired) electrons. The van der Waals surface area contributed by atoms with Crippen molar-refractivity contribution in [1.29, 1.82) is 0 Å². The van der Waals surface area contributed by atoms with Crippen molar-refractivity contribution >= 4 is 18.0 Å². The fourth-order valence-electron chi connectivity index (χ4n) is 1.51. The van der Waals surface area contributed by atoms with Gasteiger partial charge >= 0.3 is 5.97 Å². The van der Waals surface area contributed by atoms with E-state index in [-0.39, 0.29) is 17.5 Å². The molecule has 19 heavy (non-hydrogen) atoms. The van der Waals surface area contributed by atoms with Crippen LogP contribution in [-0.2, 0) is 4.79 Å². The average molecular weight is 261 g/mol. The Morgan fingerprint density at radius 1 is 1.32 bits per heavy atom. The second kappa shape index (κ2) is 6.73. The number of amides is 1. The molecule has 0 saturated heterocycles. The third kappa shape index (κ3) is 4.25. The van der Waals surface area contributed by atoms with Gasteiger partial charge < -0.3 is 10.0 Å². The van der Waals surface area contributed by atoms with E-state index in [1.165, 1.54) is 18.2 Å². The van der Waals surface area contributed by atoms with Crippen LogP contribution in [0, 0.1) is 0 Å². The van der Waals surface area contributed by atoms with Gasteiger partial charge in [-0.1, -0.05) is 19.1 Å². The Balaban J connectivity index is 2.71. The van der Waals surface area contributed by atoms with E-state index < -0.39 is 5.97 Å². The summed E-state index contributed by atoms with van der Waals surface area (Å²) in [6.07, 6.45) is 4.10. The maximum atomic E-state index is 11.8. The Kier molecular flexibility index (Phi) is 5.30. The van der Waals surface area contributed by atoms with Crippen LogP contribution in [0.15, 0.2) is 30.3 Å². The number of carbonyl (C=O) groups excluding carboxylic acids is 1. The minimum absolute atomic E-state index is 0.0586. The standard InChI is InChI=1S/C15H19NO3/c1-4-11(2)16(3)14(17)10-7-12-5-8-13(9-6-12)15(18)19/h5-11H,4H2,1-3H3,(H,18,19). The number of hydrogen-bond acceptors (Lipinski definition) is 2. The number of carboxylic acids is 1. The molecule has 0 spiro atoms. The van der Waals surface area contributed by atoms with Crippen LogP contribution in [0.2, 0.25) is 0 Å². The molecule has 1 N–H and O–H groups in total. The molecule has 1 unspecified atom stereocenters. The molecule has 0 aromatic heterocycles. The van der Waals surface area contributed by atoms with Gasteiger partial charge in [-0.25, -0.2) is 4.79 Å². The first kappa shape index (κ1) is 15.0. The number of carboxylic acid groups (broad SMARTS) is 1. The highest BCUT2D eigenvalue weighted by Crippen LogP contribution is 2.07. The molecule has 0 bridgehead atoms. The molecule has 1 aromatic rings. The Bertz CT molecular complexity index is 477. The summed E-state index contributed by atoms with van der Waals surface area (Å²) in [7, 11) is 1.77. The fraction of sp³-hybridized carbons (Fsp3) is 0.333. The number of nitrogens with zero attached hydrogens (tertiary/aromatic N) is 1. The van der Waals surface area contributed by atoms with Crippen LogP contribution in [0.5, 0.6) is 0 Å². The average Bonchev–Trinajstić information content (AvgIpc) is 2.43. The lowest BCUT2D eigenvalue weighted by atomic mass is 10.1. The third-order valence-electron chi connectivity index (χ3n) is 3.18. The second-order valence-corrected chi connectivity index (χ2v) is 4.47. The lowest BCUT2D eigenvalue weighted by Gasteiger charge is -2.22. The number of rotatable bonds is 5. The third-order valence-corrected chi connectivity index (χ3v) is 3.18. The van der Waals surface area contributed by atoms with Crippen molar-refractivity contribution < 1.29 is 14.7 Å². The minimum atomic E-state index is -0.955. The molecule has 1 atom stereocenters. The molecule has 0 aliphatic heterocycles. The Labute approximate surface area is 113 Å². The van der Waals surface area contributed by atoms with E-state index in [0.717, 1.165) is 12.0 Å². The Morgan fingerprint density at radius 3 is 2.37 bits per heavy atom. The summed E-state index contributed by atoms with van der Waals surface area (Å²) < 4.78 is 0. The van der Waals surface area contributed by atoms with Gasteiger partial charge in [0.05, 0.1) is 5.56 Å². The molecule has 0 heterocycles. The highest BCUT2D eigenvalue weighted by atomic mass is 16.4. The smallest absolute Gasteiger partial charge is 0.335 e. The Hall–Kier alpha value is -2.10. The number of hydrogen-bond donors (Lipinski definition) is 1. The van der Waals surface area contributed by atoms with Gasteiger partial charge in [-0.15, -0.1) is 0 Å². The molecule has 0 fully saturated rings. The fourth-order valence-corrected chi connectivity index (χ4v) is 1.51. The summed E-state index contributed by atoms with van der Waals surface area (Å²) in [5, 5.41) is 8.78. The summed E-state index contributed by atoms with van der Waals surface area (Å²) in [4.78, 5) is 24.2. The zero-order valence-electron chi connectivity index (χ0n) is 11.5. The van der Waals surface area contributed by atoms with E-state index in [1.54, 1.807) is 30.2 Å². The van der Waals surface area contributed by atoms with Crippen LogP contribution in [-0.4, -0.2) is 35.0 Å². The second-order valence-electron chi connectivity index (χ2n) is 4.47. The molecule has 1 rings (SSSR count). The summed E-state index contributed by atoms with van der Waals surface area (Å²) in [5.74, 6) is -1.01. The van der Waals surface area contributed by atoms with Gasteiger partial charge in [-0.3, -0.25) is 4.79 Å². The number of benzene rings is 1. The van der Waals surface area contributed by atoms with Crippen LogP contribution >= 0.6 is 0 Å². The van der Waals surface area contributed by atoms with E-state index in [2.05, 4.69) is 0 Å². The largest absolute Gasteiger partial charge is 0.478 e. The zero-order chi connectivity index (χ0) is 14.4. The molecule has 4 heteroatoms. The van der Waals surface area contributed by atoms with Gasteiger partial charge in [0.15, 0.2) is 0 Å². The maximum Gasteiger partial charge on any atom is 0.335 e. The topological polar surface area (TPSA) is 57.6 Å². The van der Waals surface area contributed by atoms with E-state index in [1.807, 2.05) is 13.8 Å². The summed E-state index contributed by atoms with van der Waals surface area (Å²) >= 11 is 0. The van der Waals surface area contributed by atoms with Crippen LogP contribution in [0.25, 0.3) is 6.08 Å².